The van der Waals surface area contributed by atoms with Crippen LogP contribution in [0.1, 0.15) is 46.1 Å². The fraction of sp³-hybridized carbons (Fsp3) is 0.480. The molecule has 31 heavy (non-hydrogen) atoms. The lowest BCUT2D eigenvalue weighted by molar-refractivity contribution is -0.203. The number of Topliss-reactive ketones (excluding diaryl/α,β-unsaturated/α-hetero) is 1. The molecule has 0 aromatic heterocycles. The van der Waals surface area contributed by atoms with Gasteiger partial charge in [0.15, 0.2) is 0 Å². The molecule has 0 aliphatic carbocycles. The van der Waals surface area contributed by atoms with E-state index in [0.29, 0.717) is 12.8 Å². The maximum atomic E-state index is 13.9. The first-order chi connectivity index (χ1) is 14.6. The van der Waals surface area contributed by atoms with Crippen LogP contribution in [0.4, 0.5) is 4.39 Å². The number of carbonyl (C=O) groups is 1. The topological polar surface area (TPSA) is 66.8 Å². The molecule has 1 aliphatic rings. The second-order valence-electron chi connectivity index (χ2n) is 8.86. The number of aryl methyl sites for hydroxylation is 1. The SMILES string of the molecule is CC(=O)CCCc1ccc(SC2OC(C)(C)C(C)C(O)C2O)cc1-c1cccc(F)c1. The monoisotopic (exact) mass is 446 g/mol. The maximum absolute atomic E-state index is 13.9. The fourth-order valence-electron chi connectivity index (χ4n) is 3.87. The minimum absolute atomic E-state index is 0.151. The summed E-state index contributed by atoms with van der Waals surface area (Å²) in [7, 11) is 0. The molecule has 4 nitrogen and oxygen atoms in total. The molecule has 3 rings (SSSR count). The zero-order valence-electron chi connectivity index (χ0n) is 18.5. The van der Waals surface area contributed by atoms with Crippen LogP contribution in [0.2, 0.25) is 0 Å². The molecule has 1 aliphatic heterocycles. The third-order valence-electron chi connectivity index (χ3n) is 6.10. The summed E-state index contributed by atoms with van der Waals surface area (Å²) in [5.74, 6) is -0.362. The molecule has 0 bridgehead atoms. The van der Waals surface area contributed by atoms with E-state index >= 15 is 0 Å². The summed E-state index contributed by atoms with van der Waals surface area (Å²) in [6.07, 6.45) is 0.0529. The molecule has 168 valence electrons. The summed E-state index contributed by atoms with van der Waals surface area (Å²) in [6, 6.07) is 12.4. The lowest BCUT2D eigenvalue weighted by atomic mass is 9.83. The molecule has 0 spiro atoms. The predicted octanol–water partition coefficient (Wildman–Crippen LogP) is 4.99. The molecule has 1 saturated heterocycles. The second kappa shape index (κ2) is 9.82. The number of thioether (sulfide) groups is 1. The van der Waals surface area contributed by atoms with Gasteiger partial charge in [0.2, 0.25) is 0 Å². The molecule has 0 radical (unpaired) electrons. The van der Waals surface area contributed by atoms with Crippen LogP contribution in [0, 0.1) is 11.7 Å². The molecular weight excluding hydrogens is 415 g/mol. The van der Waals surface area contributed by atoms with Gasteiger partial charge in [0.25, 0.3) is 0 Å². The standard InChI is InChI=1S/C25H31FO4S/c1-15(27)7-5-8-17-11-12-20(14-21(17)18-9-6-10-19(26)13-18)31-24-23(29)22(28)16(2)25(3,4)30-24/h6,9-14,16,22-24,28-29H,5,7-8H2,1-4H3. The number of hydrogen-bond acceptors (Lipinski definition) is 5. The van der Waals surface area contributed by atoms with Crippen molar-refractivity contribution in [3.63, 3.8) is 0 Å². The van der Waals surface area contributed by atoms with Gasteiger partial charge in [-0.2, -0.15) is 0 Å². The summed E-state index contributed by atoms with van der Waals surface area (Å²) in [5.41, 5.74) is 1.50. The van der Waals surface area contributed by atoms with Gasteiger partial charge in [0.1, 0.15) is 23.1 Å². The number of ketones is 1. The van der Waals surface area contributed by atoms with Gasteiger partial charge in [-0.05, 0) is 74.6 Å². The van der Waals surface area contributed by atoms with Gasteiger partial charge < -0.3 is 19.7 Å². The Kier molecular flexibility index (Phi) is 7.58. The zero-order valence-corrected chi connectivity index (χ0v) is 19.3. The van der Waals surface area contributed by atoms with E-state index in [1.165, 1.54) is 23.9 Å². The van der Waals surface area contributed by atoms with Crippen LogP contribution in [0.15, 0.2) is 47.4 Å². The van der Waals surface area contributed by atoms with Crippen LogP contribution >= 0.6 is 11.8 Å². The van der Waals surface area contributed by atoms with Gasteiger partial charge in [-0.1, -0.05) is 36.9 Å². The number of carbonyl (C=O) groups excluding carboxylic acids is 1. The van der Waals surface area contributed by atoms with Gasteiger partial charge in [0.05, 0.1) is 11.7 Å². The summed E-state index contributed by atoms with van der Waals surface area (Å²) < 4.78 is 20.0. The van der Waals surface area contributed by atoms with E-state index in [9.17, 15) is 19.4 Å². The van der Waals surface area contributed by atoms with Crippen molar-refractivity contribution in [3.05, 3.63) is 53.8 Å². The van der Waals surface area contributed by atoms with Crippen molar-refractivity contribution in [2.75, 3.05) is 0 Å². The molecule has 1 heterocycles. The van der Waals surface area contributed by atoms with Crippen molar-refractivity contribution in [2.45, 2.75) is 75.1 Å². The first-order valence-electron chi connectivity index (χ1n) is 10.7. The summed E-state index contributed by atoms with van der Waals surface area (Å²) in [4.78, 5) is 12.2. The number of rotatable bonds is 7. The Balaban J connectivity index is 1.89. The van der Waals surface area contributed by atoms with Crippen LogP contribution in [-0.4, -0.2) is 39.2 Å². The lowest BCUT2D eigenvalue weighted by Crippen LogP contribution is -2.56. The Morgan fingerprint density at radius 3 is 2.58 bits per heavy atom. The normalized spacial score (nSPS) is 25.4. The largest absolute Gasteiger partial charge is 0.390 e. The molecule has 2 N–H and O–H groups in total. The van der Waals surface area contributed by atoms with E-state index < -0.39 is 23.2 Å². The molecule has 2 aromatic rings. The van der Waals surface area contributed by atoms with Gasteiger partial charge >= 0.3 is 0 Å². The van der Waals surface area contributed by atoms with E-state index in [1.54, 1.807) is 13.0 Å². The number of ether oxygens (including phenoxy) is 1. The third kappa shape index (κ3) is 5.75. The minimum Gasteiger partial charge on any atom is -0.390 e. The first-order valence-corrected chi connectivity index (χ1v) is 11.6. The third-order valence-corrected chi connectivity index (χ3v) is 7.24. The smallest absolute Gasteiger partial charge is 0.136 e. The molecule has 6 heteroatoms. The van der Waals surface area contributed by atoms with Crippen LogP contribution in [-0.2, 0) is 16.0 Å². The van der Waals surface area contributed by atoms with E-state index in [2.05, 4.69) is 0 Å². The van der Waals surface area contributed by atoms with Crippen LogP contribution in [0.25, 0.3) is 11.1 Å². The first kappa shape index (κ1) is 23.9. The zero-order chi connectivity index (χ0) is 22.8. The number of benzene rings is 2. The van der Waals surface area contributed by atoms with E-state index in [1.807, 2.05) is 45.0 Å². The number of halogens is 1. The number of aliphatic hydroxyl groups excluding tert-OH is 2. The number of aliphatic hydroxyl groups is 2. The second-order valence-corrected chi connectivity index (χ2v) is 10.0. The molecule has 4 atom stereocenters. The van der Waals surface area contributed by atoms with Crippen LogP contribution < -0.4 is 0 Å². The average Bonchev–Trinajstić information content (AvgIpc) is 2.71. The van der Waals surface area contributed by atoms with Crippen molar-refractivity contribution >= 4 is 17.5 Å². The average molecular weight is 447 g/mol. The molecular formula is C25H31FO4S. The molecule has 2 aromatic carbocycles. The van der Waals surface area contributed by atoms with Crippen LogP contribution in [0.3, 0.4) is 0 Å². The van der Waals surface area contributed by atoms with E-state index in [0.717, 1.165) is 28.0 Å². The minimum atomic E-state index is -1.01. The highest BCUT2D eigenvalue weighted by Crippen LogP contribution is 2.41. The van der Waals surface area contributed by atoms with Crippen molar-refractivity contribution in [2.24, 2.45) is 5.92 Å². The highest BCUT2D eigenvalue weighted by atomic mass is 32.2. The van der Waals surface area contributed by atoms with E-state index in [-0.39, 0.29) is 17.5 Å². The number of hydrogen-bond donors (Lipinski definition) is 2. The van der Waals surface area contributed by atoms with Gasteiger partial charge in [0, 0.05) is 17.2 Å². The van der Waals surface area contributed by atoms with Crippen LogP contribution in [0.5, 0.6) is 0 Å². The van der Waals surface area contributed by atoms with Crippen molar-refractivity contribution in [1.82, 2.24) is 0 Å². The lowest BCUT2D eigenvalue weighted by Gasteiger charge is -2.46. The molecule has 4 unspecified atom stereocenters. The highest BCUT2D eigenvalue weighted by molar-refractivity contribution is 7.99. The van der Waals surface area contributed by atoms with E-state index in [4.69, 9.17) is 4.74 Å². The van der Waals surface area contributed by atoms with Gasteiger partial charge in [-0.15, -0.1) is 0 Å². The highest BCUT2D eigenvalue weighted by Gasteiger charge is 2.46. The fourth-order valence-corrected chi connectivity index (χ4v) is 5.07. The quantitative estimate of drug-likeness (QED) is 0.627. The maximum Gasteiger partial charge on any atom is 0.136 e. The molecule has 0 amide bonds. The summed E-state index contributed by atoms with van der Waals surface area (Å²) in [5, 5.41) is 21.0. The Morgan fingerprint density at radius 1 is 1.16 bits per heavy atom. The molecule has 1 fully saturated rings. The Labute approximate surface area is 187 Å². The Morgan fingerprint density at radius 2 is 1.90 bits per heavy atom. The van der Waals surface area contributed by atoms with Crippen molar-refractivity contribution in [3.8, 4) is 11.1 Å². The molecule has 0 saturated carbocycles. The van der Waals surface area contributed by atoms with Crippen molar-refractivity contribution in [1.29, 1.82) is 0 Å². The summed E-state index contributed by atoms with van der Waals surface area (Å²) in [6.45, 7) is 7.28. The summed E-state index contributed by atoms with van der Waals surface area (Å²) >= 11 is 1.35. The van der Waals surface area contributed by atoms with Gasteiger partial charge in [-0.25, -0.2) is 4.39 Å². The van der Waals surface area contributed by atoms with Crippen molar-refractivity contribution < 1.29 is 24.1 Å². The predicted molar refractivity (Wildman–Crippen MR) is 121 cm³/mol. The Hall–Kier alpha value is -1.73. The van der Waals surface area contributed by atoms with Gasteiger partial charge in [-0.3, -0.25) is 0 Å². The Bertz CT molecular complexity index is 929.